The van der Waals surface area contributed by atoms with E-state index >= 15 is 0 Å². The molecular weight excluding hydrogens is 248 g/mol. The van der Waals surface area contributed by atoms with Crippen molar-refractivity contribution in [3.63, 3.8) is 0 Å². The first-order valence-electron chi connectivity index (χ1n) is 7.71. The molecule has 3 heteroatoms. The molecule has 1 N–H and O–H groups in total. The van der Waals surface area contributed by atoms with Crippen LogP contribution in [-0.2, 0) is 0 Å². The summed E-state index contributed by atoms with van der Waals surface area (Å²) in [6.07, 6.45) is 6.37. The van der Waals surface area contributed by atoms with Crippen LogP contribution in [0.1, 0.15) is 44.6 Å². The summed E-state index contributed by atoms with van der Waals surface area (Å²) in [5.41, 5.74) is 3.86. The van der Waals surface area contributed by atoms with E-state index in [-0.39, 0.29) is 0 Å². The lowest BCUT2D eigenvalue weighted by Crippen LogP contribution is -2.26. The van der Waals surface area contributed by atoms with Crippen molar-refractivity contribution in [3.05, 3.63) is 35.7 Å². The molecule has 3 aliphatic rings. The molecule has 1 aromatic carbocycles. The predicted octanol–water partition coefficient (Wildman–Crippen LogP) is 3.58. The number of hydrogen-bond acceptors (Lipinski definition) is 3. The smallest absolute Gasteiger partial charge is 0.147 e. The Kier molecular flexibility index (Phi) is 2.69. The SMILES string of the molecule is CC1=CN(c2cccc3c2OC2CC(C)CCC32)CN1. The Labute approximate surface area is 120 Å². The zero-order valence-electron chi connectivity index (χ0n) is 12.2. The van der Waals surface area contributed by atoms with Crippen molar-refractivity contribution in [1.82, 2.24) is 5.32 Å². The lowest BCUT2D eigenvalue weighted by atomic mass is 9.78. The molecule has 2 heterocycles. The third-order valence-electron chi connectivity index (χ3n) is 4.93. The van der Waals surface area contributed by atoms with E-state index in [2.05, 4.69) is 48.5 Å². The van der Waals surface area contributed by atoms with Gasteiger partial charge in [0.05, 0.1) is 12.4 Å². The van der Waals surface area contributed by atoms with Gasteiger partial charge in [-0.1, -0.05) is 19.1 Å². The molecule has 0 radical (unpaired) electrons. The number of anilines is 1. The average molecular weight is 270 g/mol. The second-order valence-corrected chi connectivity index (χ2v) is 6.49. The second kappa shape index (κ2) is 4.44. The fourth-order valence-corrected chi connectivity index (χ4v) is 3.84. The summed E-state index contributed by atoms with van der Waals surface area (Å²) in [5.74, 6) is 2.54. The molecule has 0 spiro atoms. The Bertz CT molecular complexity index is 566. The number of nitrogens with one attached hydrogen (secondary N) is 1. The number of rotatable bonds is 1. The molecule has 1 aliphatic carbocycles. The van der Waals surface area contributed by atoms with Crippen LogP contribution < -0.4 is 15.0 Å². The normalized spacial score (nSPS) is 31.2. The number of allylic oxidation sites excluding steroid dienone is 1. The van der Waals surface area contributed by atoms with Gasteiger partial charge in [-0.25, -0.2) is 0 Å². The van der Waals surface area contributed by atoms with Gasteiger partial charge in [-0.3, -0.25) is 0 Å². The molecule has 1 saturated carbocycles. The predicted molar refractivity (Wildman–Crippen MR) is 80.9 cm³/mol. The van der Waals surface area contributed by atoms with E-state index in [1.165, 1.54) is 36.2 Å². The molecule has 0 aromatic heterocycles. The Morgan fingerprint density at radius 1 is 1.30 bits per heavy atom. The Hall–Kier alpha value is -1.64. The summed E-state index contributed by atoms with van der Waals surface area (Å²) >= 11 is 0. The third kappa shape index (κ3) is 1.80. The van der Waals surface area contributed by atoms with Crippen molar-refractivity contribution in [2.24, 2.45) is 5.92 Å². The van der Waals surface area contributed by atoms with Crippen LogP contribution in [-0.4, -0.2) is 12.8 Å². The lowest BCUT2D eigenvalue weighted by molar-refractivity contribution is 0.136. The number of hydrogen-bond donors (Lipinski definition) is 1. The maximum Gasteiger partial charge on any atom is 0.147 e. The van der Waals surface area contributed by atoms with Gasteiger partial charge in [0, 0.05) is 23.4 Å². The number of nitrogens with zero attached hydrogens (tertiary/aromatic N) is 1. The maximum atomic E-state index is 6.36. The van der Waals surface area contributed by atoms with Gasteiger partial charge in [-0.2, -0.15) is 0 Å². The molecule has 1 aromatic rings. The molecule has 0 saturated heterocycles. The fraction of sp³-hybridized carbons (Fsp3) is 0.529. The summed E-state index contributed by atoms with van der Waals surface area (Å²) in [6, 6.07) is 6.62. The number of fused-ring (bicyclic) bond motifs is 3. The van der Waals surface area contributed by atoms with Gasteiger partial charge in [-0.05, 0) is 38.2 Å². The highest BCUT2D eigenvalue weighted by molar-refractivity contribution is 5.66. The molecule has 3 nitrogen and oxygen atoms in total. The minimum atomic E-state index is 0.399. The summed E-state index contributed by atoms with van der Waals surface area (Å²) in [5, 5.41) is 3.36. The monoisotopic (exact) mass is 270 g/mol. The van der Waals surface area contributed by atoms with Crippen LogP contribution in [0.25, 0.3) is 0 Å². The van der Waals surface area contributed by atoms with Gasteiger partial charge in [0.2, 0.25) is 0 Å². The van der Waals surface area contributed by atoms with E-state index in [9.17, 15) is 0 Å². The van der Waals surface area contributed by atoms with E-state index in [1.807, 2.05) is 0 Å². The zero-order chi connectivity index (χ0) is 13.7. The van der Waals surface area contributed by atoms with Gasteiger partial charge in [0.1, 0.15) is 11.9 Å². The summed E-state index contributed by atoms with van der Waals surface area (Å²) in [7, 11) is 0. The zero-order valence-corrected chi connectivity index (χ0v) is 12.2. The highest BCUT2D eigenvalue weighted by atomic mass is 16.5. The van der Waals surface area contributed by atoms with Gasteiger partial charge < -0.3 is 15.0 Å². The molecule has 2 aliphatic heterocycles. The molecule has 4 rings (SSSR count). The Balaban J connectivity index is 1.71. The minimum Gasteiger partial charge on any atom is -0.487 e. The van der Waals surface area contributed by atoms with Crippen molar-refractivity contribution in [2.75, 3.05) is 11.6 Å². The van der Waals surface area contributed by atoms with Crippen LogP contribution in [0.15, 0.2) is 30.1 Å². The topological polar surface area (TPSA) is 24.5 Å². The van der Waals surface area contributed by atoms with Crippen molar-refractivity contribution < 1.29 is 4.74 Å². The van der Waals surface area contributed by atoms with E-state index < -0.39 is 0 Å². The first kappa shape index (κ1) is 12.1. The first-order valence-corrected chi connectivity index (χ1v) is 7.71. The fourth-order valence-electron chi connectivity index (χ4n) is 3.84. The van der Waals surface area contributed by atoms with E-state index in [1.54, 1.807) is 0 Å². The highest BCUT2D eigenvalue weighted by Gasteiger charge is 2.39. The largest absolute Gasteiger partial charge is 0.487 e. The second-order valence-electron chi connectivity index (χ2n) is 6.49. The molecular formula is C17H22N2O. The Morgan fingerprint density at radius 2 is 2.20 bits per heavy atom. The van der Waals surface area contributed by atoms with E-state index in [0.29, 0.717) is 12.0 Å². The minimum absolute atomic E-state index is 0.399. The number of ether oxygens (including phenoxy) is 1. The number of para-hydroxylation sites is 1. The van der Waals surface area contributed by atoms with Gasteiger partial charge in [0.25, 0.3) is 0 Å². The molecule has 106 valence electrons. The molecule has 3 atom stereocenters. The Morgan fingerprint density at radius 3 is 3.00 bits per heavy atom. The van der Waals surface area contributed by atoms with Crippen LogP contribution in [0.2, 0.25) is 0 Å². The molecule has 1 fully saturated rings. The standard InChI is InChI=1S/C17H22N2O/c1-11-6-7-13-14-4-3-5-15(17(14)20-16(13)8-11)19-9-12(2)18-10-19/h3-5,9,11,13,16,18H,6-8,10H2,1-2H3. The van der Waals surface area contributed by atoms with Crippen molar-refractivity contribution in [2.45, 2.75) is 45.1 Å². The summed E-state index contributed by atoms with van der Waals surface area (Å²) < 4.78 is 6.36. The molecule has 0 bridgehead atoms. The van der Waals surface area contributed by atoms with Crippen LogP contribution in [0, 0.1) is 5.92 Å². The quantitative estimate of drug-likeness (QED) is 0.844. The van der Waals surface area contributed by atoms with Crippen molar-refractivity contribution >= 4 is 5.69 Å². The van der Waals surface area contributed by atoms with Crippen LogP contribution in [0.4, 0.5) is 5.69 Å². The molecule has 3 unspecified atom stereocenters. The number of benzene rings is 1. The van der Waals surface area contributed by atoms with E-state index in [0.717, 1.165) is 18.3 Å². The summed E-state index contributed by atoms with van der Waals surface area (Å²) in [4.78, 5) is 2.26. The van der Waals surface area contributed by atoms with E-state index in [4.69, 9.17) is 4.74 Å². The average Bonchev–Trinajstić information content (AvgIpc) is 3.01. The summed E-state index contributed by atoms with van der Waals surface area (Å²) in [6.45, 7) is 5.29. The van der Waals surface area contributed by atoms with Crippen LogP contribution in [0.5, 0.6) is 5.75 Å². The van der Waals surface area contributed by atoms with Crippen LogP contribution in [0.3, 0.4) is 0 Å². The van der Waals surface area contributed by atoms with Crippen LogP contribution >= 0.6 is 0 Å². The maximum absolute atomic E-state index is 6.36. The van der Waals surface area contributed by atoms with Crippen molar-refractivity contribution in [1.29, 1.82) is 0 Å². The van der Waals surface area contributed by atoms with Gasteiger partial charge in [0.15, 0.2) is 0 Å². The molecule has 20 heavy (non-hydrogen) atoms. The highest BCUT2D eigenvalue weighted by Crippen LogP contribution is 2.50. The molecule has 0 amide bonds. The van der Waals surface area contributed by atoms with Crippen molar-refractivity contribution in [3.8, 4) is 5.75 Å². The lowest BCUT2D eigenvalue weighted by Gasteiger charge is -2.28. The third-order valence-corrected chi connectivity index (χ3v) is 4.93. The first-order chi connectivity index (χ1) is 9.72. The van der Waals surface area contributed by atoms with Gasteiger partial charge in [-0.15, -0.1) is 0 Å². The van der Waals surface area contributed by atoms with Gasteiger partial charge >= 0.3 is 0 Å².